The number of alkyl halides is 2. The van der Waals surface area contributed by atoms with Gasteiger partial charge in [-0.1, -0.05) is 0 Å². The molecule has 6 heteroatoms. The molecule has 1 heterocycles. The van der Waals surface area contributed by atoms with E-state index in [2.05, 4.69) is 4.98 Å². The summed E-state index contributed by atoms with van der Waals surface area (Å²) in [7, 11) is 1.39. The van der Waals surface area contributed by atoms with Crippen molar-refractivity contribution in [2.75, 3.05) is 7.11 Å². The summed E-state index contributed by atoms with van der Waals surface area (Å²) in [6, 6.07) is 3.05. The predicted molar refractivity (Wildman–Crippen MR) is 53.0 cm³/mol. The Morgan fingerprint density at radius 3 is 2.75 bits per heavy atom. The van der Waals surface area contributed by atoms with E-state index >= 15 is 0 Å². The number of halogens is 2. The van der Waals surface area contributed by atoms with Crippen LogP contribution in [0.4, 0.5) is 8.78 Å². The molecule has 0 aromatic carbocycles. The zero-order valence-corrected chi connectivity index (χ0v) is 8.70. The first-order chi connectivity index (χ1) is 7.63. The van der Waals surface area contributed by atoms with Gasteiger partial charge in [0.05, 0.1) is 25.3 Å². The summed E-state index contributed by atoms with van der Waals surface area (Å²) in [5.74, 6) is 0.313. The Labute approximate surface area is 91.7 Å². The maximum atomic E-state index is 12.5. The number of rotatable bonds is 4. The van der Waals surface area contributed by atoms with Crippen LogP contribution < -0.4 is 10.5 Å². The van der Waals surface area contributed by atoms with Crippen LogP contribution >= 0.6 is 0 Å². The molecule has 0 amide bonds. The zero-order chi connectivity index (χ0) is 12.1. The van der Waals surface area contributed by atoms with Gasteiger partial charge < -0.3 is 10.5 Å². The van der Waals surface area contributed by atoms with Gasteiger partial charge in [0, 0.05) is 12.1 Å². The second kappa shape index (κ2) is 5.37. The summed E-state index contributed by atoms with van der Waals surface area (Å²) >= 11 is 0. The summed E-state index contributed by atoms with van der Waals surface area (Å²) in [5, 5.41) is 8.57. The molecule has 0 fully saturated rings. The first-order valence-electron chi connectivity index (χ1n) is 4.55. The summed E-state index contributed by atoms with van der Waals surface area (Å²) in [4.78, 5) is 3.69. The third-order valence-electron chi connectivity index (χ3n) is 2.03. The molecule has 0 unspecified atom stereocenters. The van der Waals surface area contributed by atoms with E-state index in [1.807, 2.05) is 6.07 Å². The lowest BCUT2D eigenvalue weighted by molar-refractivity contribution is 0.145. The average Bonchev–Trinajstić information content (AvgIpc) is 2.28. The third-order valence-corrected chi connectivity index (χ3v) is 2.03. The van der Waals surface area contributed by atoms with Crippen molar-refractivity contribution in [2.45, 2.75) is 19.4 Å². The van der Waals surface area contributed by atoms with Gasteiger partial charge >= 0.3 is 0 Å². The Bertz CT molecular complexity index is 415. The van der Waals surface area contributed by atoms with E-state index in [1.54, 1.807) is 0 Å². The lowest BCUT2D eigenvalue weighted by Crippen LogP contribution is -2.07. The lowest BCUT2D eigenvalue weighted by atomic mass is 10.1. The third kappa shape index (κ3) is 2.44. The van der Waals surface area contributed by atoms with Gasteiger partial charge in [0.25, 0.3) is 6.43 Å². The highest BCUT2D eigenvalue weighted by molar-refractivity contribution is 5.40. The average molecular weight is 227 g/mol. The number of ether oxygens (including phenoxy) is 1. The van der Waals surface area contributed by atoms with Crippen LogP contribution in [0.25, 0.3) is 0 Å². The molecule has 0 bridgehead atoms. The minimum Gasteiger partial charge on any atom is -0.494 e. The molecule has 0 aliphatic carbocycles. The van der Waals surface area contributed by atoms with E-state index in [0.717, 1.165) is 0 Å². The number of nitrogens with zero attached hydrogens (tertiary/aromatic N) is 2. The molecule has 1 aromatic heterocycles. The Morgan fingerprint density at radius 1 is 1.62 bits per heavy atom. The van der Waals surface area contributed by atoms with Crippen LogP contribution in [0.2, 0.25) is 0 Å². The lowest BCUT2D eigenvalue weighted by Gasteiger charge is -2.12. The summed E-state index contributed by atoms with van der Waals surface area (Å²) < 4.78 is 30.0. The number of pyridine rings is 1. The van der Waals surface area contributed by atoms with Gasteiger partial charge in [-0.05, 0) is 6.07 Å². The Hall–Kier alpha value is -1.74. The van der Waals surface area contributed by atoms with Gasteiger partial charge in [-0.3, -0.25) is 0 Å². The number of nitrogens with two attached hydrogens (primary N) is 1. The topological polar surface area (TPSA) is 71.9 Å². The van der Waals surface area contributed by atoms with Crippen molar-refractivity contribution in [2.24, 2.45) is 5.73 Å². The molecule has 0 aliphatic rings. The van der Waals surface area contributed by atoms with Crippen molar-refractivity contribution in [3.05, 3.63) is 23.0 Å². The molecule has 0 saturated heterocycles. The number of hydrogen-bond acceptors (Lipinski definition) is 4. The Balaban J connectivity index is 3.32. The Kier molecular flexibility index (Phi) is 4.14. The fraction of sp³-hybridized carbons (Fsp3) is 0.400. The molecule has 2 N–H and O–H groups in total. The molecule has 0 atom stereocenters. The van der Waals surface area contributed by atoms with Gasteiger partial charge in [0.2, 0.25) is 0 Å². The van der Waals surface area contributed by atoms with E-state index in [9.17, 15) is 8.78 Å². The zero-order valence-electron chi connectivity index (χ0n) is 8.70. The second-order valence-electron chi connectivity index (χ2n) is 3.03. The summed E-state index contributed by atoms with van der Waals surface area (Å²) in [5.41, 5.74) is 5.67. The largest absolute Gasteiger partial charge is 0.494 e. The molecule has 0 radical (unpaired) electrons. The van der Waals surface area contributed by atoms with Gasteiger partial charge in [-0.2, -0.15) is 5.26 Å². The summed E-state index contributed by atoms with van der Waals surface area (Å²) in [6.45, 7) is 0.0594. The van der Waals surface area contributed by atoms with Crippen molar-refractivity contribution in [1.82, 2.24) is 4.98 Å². The van der Waals surface area contributed by atoms with Crippen LogP contribution in [0.5, 0.6) is 5.75 Å². The Morgan fingerprint density at radius 2 is 2.31 bits per heavy atom. The van der Waals surface area contributed by atoms with Crippen LogP contribution in [0.1, 0.15) is 23.4 Å². The molecule has 0 aliphatic heterocycles. The number of hydrogen-bond donors (Lipinski definition) is 1. The van der Waals surface area contributed by atoms with E-state index in [4.69, 9.17) is 15.7 Å². The van der Waals surface area contributed by atoms with Crippen molar-refractivity contribution in [3.8, 4) is 11.8 Å². The van der Waals surface area contributed by atoms with Crippen LogP contribution in [-0.4, -0.2) is 12.1 Å². The van der Waals surface area contributed by atoms with Crippen molar-refractivity contribution < 1.29 is 13.5 Å². The SMILES string of the molecule is COc1c(CN)cc(C(F)F)nc1CC#N. The van der Waals surface area contributed by atoms with E-state index < -0.39 is 6.43 Å². The van der Waals surface area contributed by atoms with Crippen LogP contribution in [0.15, 0.2) is 6.07 Å². The van der Waals surface area contributed by atoms with Crippen molar-refractivity contribution in [3.63, 3.8) is 0 Å². The maximum Gasteiger partial charge on any atom is 0.280 e. The minimum absolute atomic E-state index is 0.0594. The first-order valence-corrected chi connectivity index (χ1v) is 4.55. The van der Waals surface area contributed by atoms with Crippen LogP contribution in [-0.2, 0) is 13.0 Å². The highest BCUT2D eigenvalue weighted by Gasteiger charge is 2.17. The van der Waals surface area contributed by atoms with Gasteiger partial charge in [0.1, 0.15) is 11.4 Å². The van der Waals surface area contributed by atoms with Gasteiger partial charge in [-0.25, -0.2) is 13.8 Å². The normalized spacial score (nSPS) is 10.2. The van der Waals surface area contributed by atoms with E-state index in [-0.39, 0.29) is 24.4 Å². The molecule has 4 nitrogen and oxygen atoms in total. The van der Waals surface area contributed by atoms with Crippen LogP contribution in [0.3, 0.4) is 0 Å². The molecule has 0 saturated carbocycles. The van der Waals surface area contributed by atoms with Gasteiger partial charge in [0.15, 0.2) is 0 Å². The molecular formula is C10H11F2N3O. The first kappa shape index (κ1) is 12.3. The number of methoxy groups -OCH3 is 1. The standard InChI is InChI=1S/C10H11F2N3O/c1-16-9-6(5-14)4-8(10(11)12)15-7(9)2-3-13/h4,10H,2,5,14H2,1H3. The highest BCUT2D eigenvalue weighted by Crippen LogP contribution is 2.27. The molecule has 0 spiro atoms. The molecular weight excluding hydrogens is 216 g/mol. The molecule has 1 aromatic rings. The predicted octanol–water partition coefficient (Wildman–Crippen LogP) is 1.55. The number of aromatic nitrogens is 1. The molecule has 1 rings (SSSR count). The van der Waals surface area contributed by atoms with Crippen molar-refractivity contribution >= 4 is 0 Å². The fourth-order valence-electron chi connectivity index (χ4n) is 1.38. The van der Waals surface area contributed by atoms with Crippen molar-refractivity contribution in [1.29, 1.82) is 5.26 Å². The minimum atomic E-state index is -2.69. The van der Waals surface area contributed by atoms with Crippen LogP contribution in [0, 0.1) is 11.3 Å². The van der Waals surface area contributed by atoms with E-state index in [0.29, 0.717) is 11.3 Å². The maximum absolute atomic E-state index is 12.5. The van der Waals surface area contributed by atoms with E-state index in [1.165, 1.54) is 13.2 Å². The smallest absolute Gasteiger partial charge is 0.280 e. The fourth-order valence-corrected chi connectivity index (χ4v) is 1.38. The second-order valence-corrected chi connectivity index (χ2v) is 3.03. The number of nitriles is 1. The summed E-state index contributed by atoms with van der Waals surface area (Å²) in [6.07, 6.45) is -2.77. The molecule has 16 heavy (non-hydrogen) atoms. The van der Waals surface area contributed by atoms with Gasteiger partial charge in [-0.15, -0.1) is 0 Å². The highest BCUT2D eigenvalue weighted by atomic mass is 19.3. The monoisotopic (exact) mass is 227 g/mol. The molecule has 86 valence electrons. The quantitative estimate of drug-likeness (QED) is 0.847.